The molecule has 3 aromatic carbocycles. The Morgan fingerprint density at radius 3 is 2.45 bits per heavy atom. The van der Waals surface area contributed by atoms with Crippen LogP contribution in [0.15, 0.2) is 72.8 Å². The molecule has 0 amide bonds. The van der Waals surface area contributed by atoms with Crippen molar-refractivity contribution in [3.05, 3.63) is 95.2 Å². The number of esters is 1. The van der Waals surface area contributed by atoms with Crippen molar-refractivity contribution in [2.75, 3.05) is 25.6 Å². The van der Waals surface area contributed by atoms with Crippen LogP contribution in [0, 0.1) is 11.8 Å². The summed E-state index contributed by atoms with van der Waals surface area (Å²) in [4.78, 5) is 29.0. The van der Waals surface area contributed by atoms with E-state index in [1.165, 1.54) is 0 Å². The Kier molecular flexibility index (Phi) is 8.24. The Balaban J connectivity index is 1.46. The van der Waals surface area contributed by atoms with Gasteiger partial charge in [0, 0.05) is 36.4 Å². The molecule has 1 atom stereocenters. The molecule has 0 aliphatic heterocycles. The molecule has 0 spiro atoms. The highest BCUT2D eigenvalue weighted by Gasteiger charge is 2.32. The summed E-state index contributed by atoms with van der Waals surface area (Å²) in [6.07, 6.45) is 2.77. The topological polar surface area (TPSA) is 60.8 Å². The summed E-state index contributed by atoms with van der Waals surface area (Å²) >= 11 is 0. The molecule has 208 valence electrons. The van der Waals surface area contributed by atoms with Crippen LogP contribution in [0.5, 0.6) is 5.75 Å². The number of benzene rings is 3. The predicted molar refractivity (Wildman–Crippen MR) is 159 cm³/mol. The third-order valence-corrected chi connectivity index (χ3v) is 7.69. The molecule has 1 aromatic heterocycles. The van der Waals surface area contributed by atoms with Crippen LogP contribution in [-0.4, -0.2) is 37.1 Å². The predicted octanol–water partition coefficient (Wildman–Crippen LogP) is 6.67. The van der Waals surface area contributed by atoms with Crippen molar-refractivity contribution in [3.8, 4) is 5.75 Å². The van der Waals surface area contributed by atoms with Gasteiger partial charge in [-0.05, 0) is 85.2 Å². The smallest absolute Gasteiger partial charge is 0.309 e. The zero-order valence-corrected chi connectivity index (χ0v) is 23.9. The molecule has 0 saturated carbocycles. The molecule has 0 N–H and O–H groups in total. The number of nitrogens with zero attached hydrogens (tertiary/aromatic N) is 2. The lowest BCUT2D eigenvalue weighted by molar-refractivity contribution is -0.150. The molecule has 1 aliphatic rings. The van der Waals surface area contributed by atoms with Crippen LogP contribution in [0.2, 0.25) is 0 Å². The third-order valence-electron chi connectivity index (χ3n) is 7.69. The highest BCUT2D eigenvalue weighted by molar-refractivity contribution is 6.04. The number of carbonyl (C=O) groups is 2. The van der Waals surface area contributed by atoms with Crippen molar-refractivity contribution in [2.45, 2.75) is 46.1 Å². The van der Waals surface area contributed by atoms with E-state index in [9.17, 15) is 9.59 Å². The maximum absolute atomic E-state index is 13.9. The molecular weight excluding hydrogens is 500 g/mol. The van der Waals surface area contributed by atoms with Gasteiger partial charge in [0.15, 0.2) is 0 Å². The number of fused-ring (bicyclic) bond motifs is 3. The molecule has 6 heteroatoms. The van der Waals surface area contributed by atoms with Crippen molar-refractivity contribution in [1.82, 2.24) is 4.57 Å². The zero-order chi connectivity index (χ0) is 28.2. The maximum atomic E-state index is 13.9. The number of hydrogen-bond donors (Lipinski definition) is 0. The van der Waals surface area contributed by atoms with Crippen molar-refractivity contribution < 1.29 is 19.1 Å². The standard InChI is InChI=1S/C34H38N2O4/c1-23(2)18-19-39-28-15-17-32-30(21-28)29-20-26(34(38)40-22-24-8-6-5-7-9-24)12-16-31(29)36(32)33(37)25-10-13-27(14-11-25)35(3)4/h5-11,13-15,17,21,23,26H,12,16,18-20,22H2,1-4H3. The van der Waals surface area contributed by atoms with Gasteiger partial charge in [-0.15, -0.1) is 0 Å². The van der Waals surface area contributed by atoms with E-state index in [-0.39, 0.29) is 24.4 Å². The van der Waals surface area contributed by atoms with E-state index in [4.69, 9.17) is 9.47 Å². The van der Waals surface area contributed by atoms with E-state index >= 15 is 0 Å². The third kappa shape index (κ3) is 5.91. The van der Waals surface area contributed by atoms with Gasteiger partial charge in [-0.2, -0.15) is 0 Å². The first-order valence-electron chi connectivity index (χ1n) is 14.1. The lowest BCUT2D eigenvalue weighted by Crippen LogP contribution is -2.26. The van der Waals surface area contributed by atoms with Crippen molar-refractivity contribution >= 4 is 28.5 Å². The second kappa shape index (κ2) is 12.0. The summed E-state index contributed by atoms with van der Waals surface area (Å²) in [5, 5.41) is 0.968. The Morgan fingerprint density at radius 1 is 1.00 bits per heavy atom. The average Bonchev–Trinajstić information content (AvgIpc) is 3.29. The largest absolute Gasteiger partial charge is 0.494 e. The van der Waals surface area contributed by atoms with Crippen LogP contribution in [0.25, 0.3) is 10.9 Å². The second-order valence-corrected chi connectivity index (χ2v) is 11.3. The van der Waals surface area contributed by atoms with E-state index in [1.54, 1.807) is 0 Å². The normalized spacial score (nSPS) is 14.7. The minimum absolute atomic E-state index is 0.0601. The fraction of sp³-hybridized carbons (Fsp3) is 0.353. The minimum atomic E-state index is -0.254. The van der Waals surface area contributed by atoms with Gasteiger partial charge in [-0.25, -0.2) is 0 Å². The quantitative estimate of drug-likeness (QED) is 0.223. The van der Waals surface area contributed by atoms with Gasteiger partial charge in [0.2, 0.25) is 0 Å². The van der Waals surface area contributed by atoms with E-state index in [0.717, 1.165) is 45.6 Å². The van der Waals surface area contributed by atoms with E-state index < -0.39 is 0 Å². The second-order valence-electron chi connectivity index (χ2n) is 11.3. The highest BCUT2D eigenvalue weighted by atomic mass is 16.5. The number of ether oxygens (including phenoxy) is 2. The Hall–Kier alpha value is -4.06. The summed E-state index contributed by atoms with van der Waals surface area (Å²) in [6.45, 7) is 5.26. The van der Waals surface area contributed by atoms with Crippen LogP contribution in [0.4, 0.5) is 5.69 Å². The molecule has 0 fully saturated rings. The number of hydrogen-bond acceptors (Lipinski definition) is 5. The first-order chi connectivity index (χ1) is 19.3. The molecule has 1 heterocycles. The van der Waals surface area contributed by atoms with Gasteiger partial charge in [0.25, 0.3) is 5.91 Å². The van der Waals surface area contributed by atoms with Gasteiger partial charge in [0.1, 0.15) is 12.4 Å². The van der Waals surface area contributed by atoms with Crippen molar-refractivity contribution in [1.29, 1.82) is 0 Å². The van der Waals surface area contributed by atoms with E-state index in [2.05, 4.69) is 13.8 Å². The molecule has 0 bridgehead atoms. The van der Waals surface area contributed by atoms with E-state index in [1.807, 2.05) is 96.4 Å². The van der Waals surface area contributed by atoms with Crippen LogP contribution in [0.3, 0.4) is 0 Å². The van der Waals surface area contributed by atoms with Gasteiger partial charge in [0.05, 0.1) is 18.0 Å². The van der Waals surface area contributed by atoms with Crippen LogP contribution in [0.1, 0.15) is 53.9 Å². The van der Waals surface area contributed by atoms with Crippen LogP contribution >= 0.6 is 0 Å². The van der Waals surface area contributed by atoms with Crippen molar-refractivity contribution in [2.24, 2.45) is 11.8 Å². The minimum Gasteiger partial charge on any atom is -0.494 e. The molecule has 6 nitrogen and oxygen atoms in total. The SMILES string of the molecule is CC(C)CCOc1ccc2c(c1)c1c(n2C(=O)c2ccc(N(C)C)cc2)CCC(C(=O)OCc2ccccc2)C1. The summed E-state index contributed by atoms with van der Waals surface area (Å²) in [7, 11) is 3.96. The maximum Gasteiger partial charge on any atom is 0.309 e. The number of carbonyl (C=O) groups excluding carboxylic acids is 2. The number of anilines is 1. The first kappa shape index (κ1) is 27.5. The van der Waals surface area contributed by atoms with Gasteiger partial charge >= 0.3 is 5.97 Å². The molecule has 5 rings (SSSR count). The average molecular weight is 539 g/mol. The number of rotatable bonds is 9. The van der Waals surface area contributed by atoms with Crippen LogP contribution < -0.4 is 9.64 Å². The lowest BCUT2D eigenvalue weighted by Gasteiger charge is -2.22. The molecule has 0 radical (unpaired) electrons. The first-order valence-corrected chi connectivity index (χ1v) is 14.1. The number of aromatic nitrogens is 1. The summed E-state index contributed by atoms with van der Waals surface area (Å²) in [6, 6.07) is 23.4. The molecule has 40 heavy (non-hydrogen) atoms. The summed E-state index contributed by atoms with van der Waals surface area (Å²) in [5.74, 6) is 0.831. The fourth-order valence-electron chi connectivity index (χ4n) is 5.35. The van der Waals surface area contributed by atoms with Crippen LogP contribution in [-0.2, 0) is 29.0 Å². The Labute approximate surface area is 236 Å². The van der Waals surface area contributed by atoms with Gasteiger partial charge in [-0.3, -0.25) is 14.2 Å². The molecule has 0 saturated heterocycles. The summed E-state index contributed by atoms with van der Waals surface area (Å²) in [5.41, 5.74) is 5.50. The molecule has 1 unspecified atom stereocenters. The fourth-order valence-corrected chi connectivity index (χ4v) is 5.35. The van der Waals surface area contributed by atoms with Gasteiger partial charge in [-0.1, -0.05) is 44.2 Å². The van der Waals surface area contributed by atoms with E-state index in [0.29, 0.717) is 37.4 Å². The molecular formula is C34H38N2O4. The Bertz CT molecular complexity index is 1490. The monoisotopic (exact) mass is 538 g/mol. The molecule has 1 aliphatic carbocycles. The molecule has 4 aromatic rings. The lowest BCUT2D eigenvalue weighted by atomic mass is 9.86. The van der Waals surface area contributed by atoms with Gasteiger partial charge < -0.3 is 14.4 Å². The summed E-state index contributed by atoms with van der Waals surface area (Å²) < 4.78 is 13.6. The van der Waals surface area contributed by atoms with Crippen molar-refractivity contribution in [3.63, 3.8) is 0 Å². The highest BCUT2D eigenvalue weighted by Crippen LogP contribution is 2.37. The zero-order valence-electron chi connectivity index (χ0n) is 23.9. The Morgan fingerprint density at radius 2 is 1.75 bits per heavy atom.